The van der Waals surface area contributed by atoms with Gasteiger partial charge in [-0.25, -0.2) is 15.2 Å². The van der Waals surface area contributed by atoms with Crippen molar-refractivity contribution in [2.75, 3.05) is 10.7 Å². The number of aromatic nitrogens is 1. The molecule has 0 atom stereocenters. The number of hydrogen-bond acceptors (Lipinski definition) is 4. The third-order valence-corrected chi connectivity index (χ3v) is 3.72. The Morgan fingerprint density at radius 3 is 2.47 bits per heavy atom. The van der Waals surface area contributed by atoms with Gasteiger partial charge in [-0.2, -0.15) is 0 Å². The number of benzene rings is 1. The van der Waals surface area contributed by atoms with E-state index in [1.165, 1.54) is 18.2 Å². The molecule has 0 aliphatic heterocycles. The van der Waals surface area contributed by atoms with Gasteiger partial charge in [0.15, 0.2) is 11.6 Å². The van der Waals surface area contributed by atoms with E-state index < -0.39 is 0 Å². The molecule has 0 saturated carbocycles. The fourth-order valence-corrected chi connectivity index (χ4v) is 2.45. The molecule has 0 aliphatic carbocycles. The first-order chi connectivity index (χ1) is 9.01. The molecule has 0 unspecified atom stereocenters. The van der Waals surface area contributed by atoms with Gasteiger partial charge in [-0.1, -0.05) is 23.2 Å². The fraction of sp³-hybridized carbons (Fsp3) is 0. The van der Waals surface area contributed by atoms with E-state index in [1.807, 2.05) is 22.6 Å². The summed E-state index contributed by atoms with van der Waals surface area (Å²) in [5.41, 5.74) is 3.05. The first-order valence-corrected chi connectivity index (χ1v) is 6.89. The minimum absolute atomic E-state index is 0.297. The van der Waals surface area contributed by atoms with Crippen molar-refractivity contribution in [3.05, 3.63) is 43.7 Å². The lowest BCUT2D eigenvalue weighted by atomic mass is 10.3. The lowest BCUT2D eigenvalue weighted by Crippen LogP contribution is -2.10. The van der Waals surface area contributed by atoms with Crippen molar-refractivity contribution in [2.45, 2.75) is 0 Å². The van der Waals surface area contributed by atoms with Gasteiger partial charge >= 0.3 is 0 Å². The van der Waals surface area contributed by atoms with Gasteiger partial charge < -0.3 is 10.7 Å². The van der Waals surface area contributed by atoms with Gasteiger partial charge in [0.1, 0.15) is 5.82 Å². The fourth-order valence-electron chi connectivity index (χ4n) is 1.37. The molecule has 0 bridgehead atoms. The predicted octanol–water partition coefficient (Wildman–Crippen LogP) is 4.16. The number of nitrogens with one attached hydrogen (secondary N) is 2. The Hall–Kier alpha value is -0.830. The zero-order valence-electron chi connectivity index (χ0n) is 9.35. The molecule has 0 spiro atoms. The van der Waals surface area contributed by atoms with Gasteiger partial charge in [0, 0.05) is 3.57 Å². The summed E-state index contributed by atoms with van der Waals surface area (Å²) in [6, 6.07) is 5.86. The van der Waals surface area contributed by atoms with E-state index in [1.54, 1.807) is 6.07 Å². The van der Waals surface area contributed by atoms with E-state index in [0.717, 1.165) is 0 Å². The van der Waals surface area contributed by atoms with Crippen LogP contribution in [0.3, 0.4) is 0 Å². The van der Waals surface area contributed by atoms with E-state index in [9.17, 15) is 4.39 Å². The molecular formula is C11H8Cl2FIN4. The second-order valence-electron chi connectivity index (χ2n) is 3.54. The maximum absolute atomic E-state index is 13.0. The number of nitrogens with zero attached hydrogens (tertiary/aromatic N) is 1. The normalized spacial score (nSPS) is 10.4. The van der Waals surface area contributed by atoms with Crippen LogP contribution in [-0.2, 0) is 0 Å². The highest BCUT2D eigenvalue weighted by Gasteiger charge is 2.10. The molecule has 0 saturated heterocycles. The van der Waals surface area contributed by atoms with Crippen LogP contribution in [0, 0.1) is 9.39 Å². The van der Waals surface area contributed by atoms with Crippen molar-refractivity contribution in [1.82, 2.24) is 4.98 Å². The van der Waals surface area contributed by atoms with Crippen LogP contribution in [0.5, 0.6) is 0 Å². The number of hydrogen-bond donors (Lipinski definition) is 3. The number of nitrogen functional groups attached to an aromatic ring is 1. The molecule has 2 aromatic rings. The summed E-state index contributed by atoms with van der Waals surface area (Å²) < 4.78 is 13.7. The van der Waals surface area contributed by atoms with Crippen LogP contribution in [0.2, 0.25) is 10.0 Å². The van der Waals surface area contributed by atoms with E-state index in [4.69, 9.17) is 29.0 Å². The Kier molecular flexibility index (Phi) is 4.67. The molecule has 1 aromatic carbocycles. The molecule has 0 radical (unpaired) electrons. The quantitative estimate of drug-likeness (QED) is 0.402. The smallest absolute Gasteiger partial charge is 0.161 e. The highest BCUT2D eigenvalue weighted by molar-refractivity contribution is 14.1. The molecule has 4 N–H and O–H groups in total. The van der Waals surface area contributed by atoms with E-state index in [2.05, 4.69) is 15.7 Å². The van der Waals surface area contributed by atoms with E-state index in [-0.39, 0.29) is 5.82 Å². The zero-order chi connectivity index (χ0) is 14.0. The van der Waals surface area contributed by atoms with E-state index >= 15 is 0 Å². The minimum atomic E-state index is -0.311. The van der Waals surface area contributed by atoms with Gasteiger partial charge in [0.2, 0.25) is 0 Å². The molecule has 1 heterocycles. The molecule has 8 heteroatoms. The van der Waals surface area contributed by atoms with Gasteiger partial charge in [-0.3, -0.25) is 0 Å². The first-order valence-electron chi connectivity index (χ1n) is 5.06. The summed E-state index contributed by atoms with van der Waals surface area (Å²) in [6.07, 6.45) is 0. The van der Waals surface area contributed by atoms with Crippen LogP contribution in [0.25, 0.3) is 0 Å². The van der Waals surface area contributed by atoms with Crippen LogP contribution in [0.15, 0.2) is 24.3 Å². The number of hydrazine groups is 1. The van der Waals surface area contributed by atoms with Gasteiger partial charge in [0.25, 0.3) is 0 Å². The average molecular weight is 413 g/mol. The molecular weight excluding hydrogens is 405 g/mol. The predicted molar refractivity (Wildman–Crippen MR) is 84.5 cm³/mol. The maximum atomic E-state index is 13.0. The second-order valence-corrected chi connectivity index (χ2v) is 5.52. The van der Waals surface area contributed by atoms with Crippen molar-refractivity contribution in [3.63, 3.8) is 0 Å². The molecule has 4 nitrogen and oxygen atoms in total. The summed E-state index contributed by atoms with van der Waals surface area (Å²) in [6.45, 7) is 0. The molecule has 19 heavy (non-hydrogen) atoms. The number of halogens is 4. The standard InChI is InChI=1S/C11H8Cl2FIN4/c12-6-4-7(13)11(19-16)18-10(6)17-9-2-1-5(14)3-8(9)15/h1-4H,16H2,(H2,17,18,19). The first kappa shape index (κ1) is 14.6. The van der Waals surface area contributed by atoms with Crippen molar-refractivity contribution in [2.24, 2.45) is 5.84 Å². The third kappa shape index (κ3) is 3.38. The van der Waals surface area contributed by atoms with Crippen LogP contribution in [-0.4, -0.2) is 4.98 Å². The number of anilines is 3. The highest BCUT2D eigenvalue weighted by Crippen LogP contribution is 2.31. The number of rotatable bonds is 3. The summed E-state index contributed by atoms with van der Waals surface area (Å²) in [7, 11) is 0. The number of nitrogens with two attached hydrogens (primary N) is 1. The molecule has 2 rings (SSSR count). The van der Waals surface area contributed by atoms with Gasteiger partial charge in [-0.15, -0.1) is 0 Å². The Morgan fingerprint density at radius 1 is 1.16 bits per heavy atom. The average Bonchev–Trinajstić information content (AvgIpc) is 2.35. The van der Waals surface area contributed by atoms with Crippen molar-refractivity contribution < 1.29 is 4.39 Å². The van der Waals surface area contributed by atoms with Crippen molar-refractivity contribution in [1.29, 1.82) is 0 Å². The van der Waals surface area contributed by atoms with Crippen molar-refractivity contribution in [3.8, 4) is 0 Å². The molecule has 0 amide bonds. The monoisotopic (exact) mass is 412 g/mol. The molecule has 0 fully saturated rings. The van der Waals surface area contributed by atoms with Gasteiger partial charge in [-0.05, 0) is 46.9 Å². The summed E-state index contributed by atoms with van der Waals surface area (Å²) >= 11 is 13.9. The molecule has 100 valence electrons. The second kappa shape index (κ2) is 6.08. The van der Waals surface area contributed by atoms with Crippen LogP contribution >= 0.6 is 45.8 Å². The van der Waals surface area contributed by atoms with Crippen LogP contribution in [0.1, 0.15) is 0 Å². The SMILES string of the molecule is NNc1nc(Nc2ccc(F)cc2I)c(Cl)cc1Cl. The lowest BCUT2D eigenvalue weighted by molar-refractivity contribution is 0.627. The van der Waals surface area contributed by atoms with E-state index in [0.29, 0.717) is 30.9 Å². The van der Waals surface area contributed by atoms with Crippen LogP contribution in [0.4, 0.5) is 21.7 Å². The van der Waals surface area contributed by atoms with Crippen molar-refractivity contribution >= 4 is 63.1 Å². The Labute approximate surface area is 132 Å². The maximum Gasteiger partial charge on any atom is 0.161 e. The summed E-state index contributed by atoms with van der Waals surface area (Å²) in [5, 5.41) is 3.65. The minimum Gasteiger partial charge on any atom is -0.338 e. The number of pyridine rings is 1. The zero-order valence-corrected chi connectivity index (χ0v) is 13.0. The Bertz CT molecular complexity index is 624. The molecule has 1 aromatic heterocycles. The lowest BCUT2D eigenvalue weighted by Gasteiger charge is -2.11. The third-order valence-electron chi connectivity index (χ3n) is 2.25. The van der Waals surface area contributed by atoms with Crippen LogP contribution < -0.4 is 16.6 Å². The topological polar surface area (TPSA) is 63.0 Å². The molecule has 0 aliphatic rings. The largest absolute Gasteiger partial charge is 0.338 e. The van der Waals surface area contributed by atoms with Gasteiger partial charge in [0.05, 0.1) is 15.7 Å². The Balaban J connectivity index is 2.37. The summed E-state index contributed by atoms with van der Waals surface area (Å²) in [5.74, 6) is 5.66. The summed E-state index contributed by atoms with van der Waals surface area (Å²) in [4.78, 5) is 4.14. The highest BCUT2D eigenvalue weighted by atomic mass is 127. The Morgan fingerprint density at radius 2 is 1.84 bits per heavy atom.